The molecule has 0 bridgehead atoms. The summed E-state index contributed by atoms with van der Waals surface area (Å²) in [5.41, 5.74) is 1.90. The normalized spacial score (nSPS) is 15.6. The third-order valence-electron chi connectivity index (χ3n) is 4.92. The number of hydrogen-bond acceptors (Lipinski definition) is 5. The van der Waals surface area contributed by atoms with Crippen molar-refractivity contribution in [1.82, 2.24) is 9.21 Å². The number of carbonyl (C=O) groups is 2. The van der Waals surface area contributed by atoms with E-state index in [0.717, 1.165) is 5.56 Å². The number of benzene rings is 2. The zero-order valence-corrected chi connectivity index (χ0v) is 17.3. The van der Waals surface area contributed by atoms with Gasteiger partial charge >= 0.3 is 5.97 Å². The molecule has 0 unspecified atom stereocenters. The molecule has 0 spiro atoms. The van der Waals surface area contributed by atoms with Crippen LogP contribution in [0.3, 0.4) is 0 Å². The van der Waals surface area contributed by atoms with E-state index in [1.165, 1.54) is 35.7 Å². The number of ether oxygens (including phenoxy) is 1. The standard InChI is InChI=1S/C21H24N2O5S/c1-16-5-3-6-18(15-16)20(24)22-11-4-12-23(14-13-22)29(26,27)19-9-7-17(8-10-19)21(25)28-2/h3,5-10,15H,4,11-14H2,1-2H3. The largest absolute Gasteiger partial charge is 0.465 e. The Bertz CT molecular complexity index is 1000. The lowest BCUT2D eigenvalue weighted by Crippen LogP contribution is -2.37. The number of hydrogen-bond donors (Lipinski definition) is 0. The number of rotatable bonds is 4. The molecule has 0 aromatic heterocycles. The fraction of sp³-hybridized carbons (Fsp3) is 0.333. The summed E-state index contributed by atoms with van der Waals surface area (Å²) in [4.78, 5) is 26.1. The minimum Gasteiger partial charge on any atom is -0.465 e. The van der Waals surface area contributed by atoms with E-state index in [9.17, 15) is 18.0 Å². The second-order valence-corrected chi connectivity index (χ2v) is 8.87. The van der Waals surface area contributed by atoms with Crippen molar-refractivity contribution in [2.24, 2.45) is 0 Å². The van der Waals surface area contributed by atoms with Crippen molar-refractivity contribution in [2.45, 2.75) is 18.2 Å². The third-order valence-corrected chi connectivity index (χ3v) is 6.83. The molecule has 0 N–H and O–H groups in total. The number of aryl methyl sites for hydroxylation is 1. The van der Waals surface area contributed by atoms with Crippen molar-refractivity contribution in [1.29, 1.82) is 0 Å². The monoisotopic (exact) mass is 416 g/mol. The van der Waals surface area contributed by atoms with Crippen LogP contribution in [0.1, 0.15) is 32.7 Å². The van der Waals surface area contributed by atoms with Crippen LogP contribution in [0, 0.1) is 6.92 Å². The molecule has 1 aliphatic heterocycles. The van der Waals surface area contributed by atoms with Crippen LogP contribution in [-0.4, -0.2) is 62.8 Å². The molecule has 29 heavy (non-hydrogen) atoms. The van der Waals surface area contributed by atoms with Crippen LogP contribution < -0.4 is 0 Å². The summed E-state index contributed by atoms with van der Waals surface area (Å²) in [5, 5.41) is 0. The highest BCUT2D eigenvalue weighted by atomic mass is 32.2. The topological polar surface area (TPSA) is 84.0 Å². The predicted octanol–water partition coefficient (Wildman–Crippen LogP) is 2.32. The van der Waals surface area contributed by atoms with Crippen molar-refractivity contribution in [3.8, 4) is 0 Å². The quantitative estimate of drug-likeness (QED) is 0.715. The van der Waals surface area contributed by atoms with E-state index in [1.807, 2.05) is 25.1 Å². The van der Waals surface area contributed by atoms with E-state index >= 15 is 0 Å². The minimum absolute atomic E-state index is 0.0876. The van der Waals surface area contributed by atoms with Crippen LogP contribution in [0.25, 0.3) is 0 Å². The first-order chi connectivity index (χ1) is 13.8. The first-order valence-electron chi connectivity index (χ1n) is 9.37. The summed E-state index contributed by atoms with van der Waals surface area (Å²) in [5.74, 6) is -0.607. The van der Waals surface area contributed by atoms with Gasteiger partial charge in [0.2, 0.25) is 10.0 Å². The molecule has 0 radical (unpaired) electrons. The fourth-order valence-corrected chi connectivity index (χ4v) is 4.80. The van der Waals surface area contributed by atoms with Gasteiger partial charge in [-0.25, -0.2) is 13.2 Å². The Hall–Kier alpha value is -2.71. The average Bonchev–Trinajstić information content (AvgIpc) is 2.99. The molecule has 2 aromatic rings. The summed E-state index contributed by atoms with van der Waals surface area (Å²) in [7, 11) is -2.44. The molecule has 1 heterocycles. The van der Waals surface area contributed by atoms with E-state index in [4.69, 9.17) is 0 Å². The lowest BCUT2D eigenvalue weighted by molar-refractivity contribution is 0.0600. The van der Waals surface area contributed by atoms with Crippen molar-refractivity contribution >= 4 is 21.9 Å². The van der Waals surface area contributed by atoms with Gasteiger partial charge in [-0.2, -0.15) is 4.31 Å². The number of sulfonamides is 1. The van der Waals surface area contributed by atoms with Crippen LogP contribution in [0.4, 0.5) is 0 Å². The van der Waals surface area contributed by atoms with Crippen molar-refractivity contribution in [3.05, 3.63) is 65.2 Å². The molecule has 2 aromatic carbocycles. The molecule has 3 rings (SSSR count). The van der Waals surface area contributed by atoms with Crippen LogP contribution in [0.15, 0.2) is 53.4 Å². The third kappa shape index (κ3) is 4.65. The van der Waals surface area contributed by atoms with Gasteiger partial charge in [0, 0.05) is 31.7 Å². The van der Waals surface area contributed by atoms with Gasteiger partial charge in [-0.1, -0.05) is 17.7 Å². The zero-order chi connectivity index (χ0) is 21.0. The van der Waals surface area contributed by atoms with Crippen LogP contribution in [0.5, 0.6) is 0 Å². The Kier molecular flexibility index (Phi) is 6.34. The van der Waals surface area contributed by atoms with Crippen molar-refractivity contribution in [2.75, 3.05) is 33.3 Å². The van der Waals surface area contributed by atoms with E-state index in [-0.39, 0.29) is 22.9 Å². The summed E-state index contributed by atoms with van der Waals surface area (Å²) >= 11 is 0. The Morgan fingerprint density at radius 2 is 1.66 bits per heavy atom. The Morgan fingerprint density at radius 1 is 0.931 bits per heavy atom. The number of esters is 1. The summed E-state index contributed by atoms with van der Waals surface area (Å²) in [6, 6.07) is 13.1. The second-order valence-electron chi connectivity index (χ2n) is 6.94. The fourth-order valence-electron chi connectivity index (χ4n) is 3.33. The van der Waals surface area contributed by atoms with Crippen molar-refractivity contribution < 1.29 is 22.7 Å². The first kappa shape index (κ1) is 21.0. The molecular weight excluding hydrogens is 392 g/mol. The van der Waals surface area contributed by atoms with Gasteiger partial charge in [-0.15, -0.1) is 0 Å². The molecule has 0 aliphatic carbocycles. The number of amides is 1. The predicted molar refractivity (Wildman–Crippen MR) is 108 cm³/mol. The maximum absolute atomic E-state index is 13.0. The van der Waals surface area contributed by atoms with E-state index < -0.39 is 16.0 Å². The highest BCUT2D eigenvalue weighted by Gasteiger charge is 2.28. The molecule has 7 nitrogen and oxygen atoms in total. The number of carbonyl (C=O) groups excluding carboxylic acids is 2. The van der Waals surface area contributed by atoms with Gasteiger partial charge in [0.05, 0.1) is 17.6 Å². The lowest BCUT2D eigenvalue weighted by Gasteiger charge is -2.22. The summed E-state index contributed by atoms with van der Waals surface area (Å²) in [6.45, 7) is 3.31. The Labute approximate surface area is 170 Å². The molecule has 1 fully saturated rings. The Balaban J connectivity index is 1.72. The average molecular weight is 416 g/mol. The molecule has 154 valence electrons. The van der Waals surface area contributed by atoms with E-state index in [0.29, 0.717) is 31.6 Å². The molecule has 0 saturated carbocycles. The van der Waals surface area contributed by atoms with Crippen molar-refractivity contribution in [3.63, 3.8) is 0 Å². The smallest absolute Gasteiger partial charge is 0.337 e. The molecular formula is C21H24N2O5S. The van der Waals surface area contributed by atoms with Gasteiger partial charge in [-0.3, -0.25) is 4.79 Å². The maximum Gasteiger partial charge on any atom is 0.337 e. The molecule has 1 aliphatic rings. The number of nitrogens with zero attached hydrogens (tertiary/aromatic N) is 2. The summed E-state index contributed by atoms with van der Waals surface area (Å²) in [6.07, 6.45) is 0.553. The highest BCUT2D eigenvalue weighted by molar-refractivity contribution is 7.89. The zero-order valence-electron chi connectivity index (χ0n) is 16.5. The maximum atomic E-state index is 13.0. The number of methoxy groups -OCH3 is 1. The molecule has 1 amide bonds. The molecule has 8 heteroatoms. The highest BCUT2D eigenvalue weighted by Crippen LogP contribution is 2.19. The first-order valence-corrected chi connectivity index (χ1v) is 10.8. The minimum atomic E-state index is -3.71. The van der Waals surface area contributed by atoms with Gasteiger partial charge in [0.1, 0.15) is 0 Å². The van der Waals surface area contributed by atoms with Crippen LogP contribution in [-0.2, 0) is 14.8 Å². The SMILES string of the molecule is COC(=O)c1ccc(S(=O)(=O)N2CCCN(C(=O)c3cccc(C)c3)CC2)cc1. The van der Waals surface area contributed by atoms with Crippen LogP contribution in [0.2, 0.25) is 0 Å². The van der Waals surface area contributed by atoms with Gasteiger partial charge in [0.15, 0.2) is 0 Å². The van der Waals surface area contributed by atoms with E-state index in [2.05, 4.69) is 4.74 Å². The van der Waals surface area contributed by atoms with Gasteiger partial charge in [0.25, 0.3) is 5.91 Å². The summed E-state index contributed by atoms with van der Waals surface area (Å²) < 4.78 is 32.0. The lowest BCUT2D eigenvalue weighted by atomic mass is 10.1. The van der Waals surface area contributed by atoms with E-state index in [1.54, 1.807) is 11.0 Å². The van der Waals surface area contributed by atoms with Gasteiger partial charge in [-0.05, 0) is 49.7 Å². The van der Waals surface area contributed by atoms with Crippen LogP contribution >= 0.6 is 0 Å². The molecule has 0 atom stereocenters. The van der Waals surface area contributed by atoms with Gasteiger partial charge < -0.3 is 9.64 Å². The molecule has 1 saturated heterocycles. The Morgan fingerprint density at radius 3 is 2.31 bits per heavy atom. The second kappa shape index (κ2) is 8.75.